The summed E-state index contributed by atoms with van der Waals surface area (Å²) in [6, 6.07) is 11.7. The first-order valence-corrected chi connectivity index (χ1v) is 8.28. The molecule has 0 fully saturated rings. The van der Waals surface area contributed by atoms with E-state index in [-0.39, 0.29) is 0 Å². The van der Waals surface area contributed by atoms with Crippen molar-refractivity contribution in [2.24, 2.45) is 0 Å². The number of rotatable bonds is 4. The maximum atomic E-state index is 12.2. The number of hydrogen-bond donors (Lipinski definition) is 1. The van der Waals surface area contributed by atoms with Gasteiger partial charge in [0.2, 0.25) is 0 Å². The lowest BCUT2D eigenvalue weighted by molar-refractivity contribution is -0.119. The van der Waals surface area contributed by atoms with E-state index >= 15 is 0 Å². The number of esters is 1. The van der Waals surface area contributed by atoms with E-state index in [1.165, 1.54) is 0 Å². The highest BCUT2D eigenvalue weighted by Crippen LogP contribution is 2.20. The number of aromatic nitrogens is 2. The van der Waals surface area contributed by atoms with Crippen LogP contribution in [0.2, 0.25) is 5.02 Å². The standard InChI is InChI=1S/C19H16ClN3O3/c1-11-12(2)22-17-9-13(7-8-16(17)21-11)19(25)26-10-18(24)23-15-6-4-3-5-14(15)20/h3-9H,10H2,1-2H3,(H,23,24). The number of nitrogens with one attached hydrogen (secondary N) is 1. The van der Waals surface area contributed by atoms with Crippen LogP contribution < -0.4 is 5.32 Å². The number of aryl methyl sites for hydroxylation is 2. The minimum atomic E-state index is -0.610. The van der Waals surface area contributed by atoms with E-state index in [4.69, 9.17) is 16.3 Å². The van der Waals surface area contributed by atoms with Gasteiger partial charge in [0.25, 0.3) is 5.91 Å². The van der Waals surface area contributed by atoms with E-state index in [9.17, 15) is 9.59 Å². The molecule has 0 atom stereocenters. The number of nitrogens with zero attached hydrogens (tertiary/aromatic N) is 2. The van der Waals surface area contributed by atoms with Gasteiger partial charge in [-0.05, 0) is 44.2 Å². The van der Waals surface area contributed by atoms with E-state index < -0.39 is 18.5 Å². The molecule has 1 heterocycles. The Morgan fingerprint density at radius 1 is 1.04 bits per heavy atom. The predicted octanol–water partition coefficient (Wildman–Crippen LogP) is 3.70. The Hall–Kier alpha value is -2.99. The van der Waals surface area contributed by atoms with Crippen molar-refractivity contribution in [1.29, 1.82) is 0 Å². The number of carbonyl (C=O) groups excluding carboxylic acids is 2. The molecule has 1 amide bonds. The molecule has 6 nitrogen and oxygen atoms in total. The monoisotopic (exact) mass is 369 g/mol. The van der Waals surface area contributed by atoms with Crippen molar-refractivity contribution in [2.45, 2.75) is 13.8 Å². The minimum Gasteiger partial charge on any atom is -0.452 e. The van der Waals surface area contributed by atoms with Crippen LogP contribution in [0.3, 0.4) is 0 Å². The van der Waals surface area contributed by atoms with Crippen LogP contribution in [0.25, 0.3) is 11.0 Å². The van der Waals surface area contributed by atoms with E-state index in [2.05, 4.69) is 15.3 Å². The van der Waals surface area contributed by atoms with Crippen molar-refractivity contribution in [3.05, 3.63) is 64.4 Å². The topological polar surface area (TPSA) is 81.2 Å². The molecule has 7 heteroatoms. The summed E-state index contributed by atoms with van der Waals surface area (Å²) in [4.78, 5) is 32.9. The molecule has 0 radical (unpaired) electrons. The molecule has 2 aromatic carbocycles. The quantitative estimate of drug-likeness (QED) is 0.709. The zero-order valence-electron chi connectivity index (χ0n) is 14.2. The number of halogens is 1. The number of benzene rings is 2. The average Bonchev–Trinajstić information content (AvgIpc) is 2.62. The fraction of sp³-hybridized carbons (Fsp3) is 0.158. The van der Waals surface area contributed by atoms with Crippen LogP contribution in [0.15, 0.2) is 42.5 Å². The first-order chi connectivity index (χ1) is 12.4. The molecule has 1 aromatic heterocycles. The summed E-state index contributed by atoms with van der Waals surface area (Å²) in [5, 5.41) is 3.00. The fourth-order valence-corrected chi connectivity index (χ4v) is 2.50. The molecule has 3 aromatic rings. The summed E-state index contributed by atoms with van der Waals surface area (Å²) in [7, 11) is 0. The molecule has 26 heavy (non-hydrogen) atoms. The average molecular weight is 370 g/mol. The highest BCUT2D eigenvalue weighted by atomic mass is 35.5. The van der Waals surface area contributed by atoms with Crippen molar-refractivity contribution < 1.29 is 14.3 Å². The lowest BCUT2D eigenvalue weighted by Gasteiger charge is -2.08. The molecule has 0 saturated heterocycles. The predicted molar refractivity (Wildman–Crippen MR) is 99.4 cm³/mol. The van der Waals surface area contributed by atoms with Gasteiger partial charge in [-0.1, -0.05) is 23.7 Å². The number of fused-ring (bicyclic) bond motifs is 1. The van der Waals surface area contributed by atoms with Crippen LogP contribution in [0, 0.1) is 13.8 Å². The molecule has 0 saturated carbocycles. The van der Waals surface area contributed by atoms with Gasteiger partial charge in [-0.3, -0.25) is 4.79 Å². The van der Waals surface area contributed by atoms with Crippen molar-refractivity contribution in [3.63, 3.8) is 0 Å². The van der Waals surface area contributed by atoms with Gasteiger partial charge in [0, 0.05) is 0 Å². The van der Waals surface area contributed by atoms with Gasteiger partial charge < -0.3 is 10.1 Å². The molecular weight excluding hydrogens is 354 g/mol. The lowest BCUT2D eigenvalue weighted by atomic mass is 10.2. The lowest BCUT2D eigenvalue weighted by Crippen LogP contribution is -2.21. The molecule has 0 aliphatic heterocycles. The molecule has 3 rings (SSSR count). The number of ether oxygens (including phenoxy) is 1. The normalized spacial score (nSPS) is 10.6. The largest absolute Gasteiger partial charge is 0.452 e. The molecule has 0 aliphatic carbocycles. The Bertz CT molecular complexity index is 1000. The number of carbonyl (C=O) groups is 2. The molecule has 0 unspecified atom stereocenters. The second-order valence-corrected chi connectivity index (χ2v) is 6.11. The summed E-state index contributed by atoms with van der Waals surface area (Å²) in [5.41, 5.74) is 3.69. The van der Waals surface area contributed by atoms with Crippen molar-refractivity contribution in [1.82, 2.24) is 9.97 Å². The molecule has 1 N–H and O–H groups in total. The van der Waals surface area contributed by atoms with Crippen molar-refractivity contribution >= 4 is 40.2 Å². The van der Waals surface area contributed by atoms with Gasteiger partial charge in [0.05, 0.1) is 38.7 Å². The molecular formula is C19H16ClN3O3. The van der Waals surface area contributed by atoms with Crippen molar-refractivity contribution in [2.75, 3.05) is 11.9 Å². The van der Waals surface area contributed by atoms with E-state index in [0.29, 0.717) is 27.3 Å². The maximum Gasteiger partial charge on any atom is 0.338 e. The smallest absolute Gasteiger partial charge is 0.338 e. The van der Waals surface area contributed by atoms with Gasteiger partial charge in [-0.15, -0.1) is 0 Å². The summed E-state index contributed by atoms with van der Waals surface area (Å²) >= 11 is 5.97. The third-order valence-electron chi connectivity index (χ3n) is 3.79. The number of anilines is 1. The zero-order chi connectivity index (χ0) is 18.7. The minimum absolute atomic E-state index is 0.306. The van der Waals surface area contributed by atoms with Gasteiger partial charge in [-0.25, -0.2) is 14.8 Å². The third-order valence-corrected chi connectivity index (χ3v) is 4.12. The Kier molecular flexibility index (Phi) is 5.14. The SMILES string of the molecule is Cc1nc2ccc(C(=O)OCC(=O)Nc3ccccc3Cl)cc2nc1C. The summed E-state index contributed by atoms with van der Waals surface area (Å²) < 4.78 is 5.06. The van der Waals surface area contributed by atoms with Crippen LogP contribution in [0.4, 0.5) is 5.69 Å². The molecule has 132 valence electrons. The highest BCUT2D eigenvalue weighted by molar-refractivity contribution is 6.33. The fourth-order valence-electron chi connectivity index (χ4n) is 2.32. The Morgan fingerprint density at radius 2 is 1.73 bits per heavy atom. The highest BCUT2D eigenvalue weighted by Gasteiger charge is 2.13. The zero-order valence-corrected chi connectivity index (χ0v) is 15.0. The Morgan fingerprint density at radius 3 is 2.46 bits per heavy atom. The first-order valence-electron chi connectivity index (χ1n) is 7.90. The van der Waals surface area contributed by atoms with E-state index in [0.717, 1.165) is 11.4 Å². The molecule has 0 spiro atoms. The van der Waals surface area contributed by atoms with E-state index in [1.54, 1.807) is 42.5 Å². The van der Waals surface area contributed by atoms with Crippen LogP contribution in [0.5, 0.6) is 0 Å². The first kappa shape index (κ1) is 17.8. The van der Waals surface area contributed by atoms with Crippen LogP contribution >= 0.6 is 11.6 Å². The van der Waals surface area contributed by atoms with Crippen LogP contribution in [0.1, 0.15) is 21.7 Å². The third kappa shape index (κ3) is 3.97. The van der Waals surface area contributed by atoms with Crippen molar-refractivity contribution in [3.8, 4) is 0 Å². The second kappa shape index (κ2) is 7.49. The molecule has 0 bridgehead atoms. The Balaban J connectivity index is 1.66. The molecule has 0 aliphatic rings. The second-order valence-electron chi connectivity index (χ2n) is 5.70. The number of amides is 1. The maximum absolute atomic E-state index is 12.2. The summed E-state index contributed by atoms with van der Waals surface area (Å²) in [6.45, 7) is 3.31. The van der Waals surface area contributed by atoms with Crippen LogP contribution in [-0.4, -0.2) is 28.5 Å². The number of hydrogen-bond acceptors (Lipinski definition) is 5. The summed E-state index contributed by atoms with van der Waals surface area (Å²) in [5.74, 6) is -1.08. The number of para-hydroxylation sites is 1. The Labute approximate surface area is 155 Å². The van der Waals surface area contributed by atoms with Gasteiger partial charge in [0.1, 0.15) is 0 Å². The van der Waals surface area contributed by atoms with Gasteiger partial charge in [-0.2, -0.15) is 0 Å². The van der Waals surface area contributed by atoms with Crippen LogP contribution in [-0.2, 0) is 9.53 Å². The van der Waals surface area contributed by atoms with Gasteiger partial charge >= 0.3 is 5.97 Å². The van der Waals surface area contributed by atoms with E-state index in [1.807, 2.05) is 13.8 Å². The summed E-state index contributed by atoms with van der Waals surface area (Å²) in [6.07, 6.45) is 0. The van der Waals surface area contributed by atoms with Gasteiger partial charge in [0.15, 0.2) is 6.61 Å².